The van der Waals surface area contributed by atoms with E-state index in [9.17, 15) is 13.2 Å². The van der Waals surface area contributed by atoms with Gasteiger partial charge in [0.15, 0.2) is 5.13 Å². The van der Waals surface area contributed by atoms with Gasteiger partial charge in [-0.1, -0.05) is 12.5 Å². The highest BCUT2D eigenvalue weighted by molar-refractivity contribution is 7.89. The van der Waals surface area contributed by atoms with Crippen molar-refractivity contribution in [3.63, 3.8) is 0 Å². The highest BCUT2D eigenvalue weighted by Crippen LogP contribution is 2.27. The zero-order valence-electron chi connectivity index (χ0n) is 18.8. The Bertz CT molecular complexity index is 1050. The number of aryl methyl sites for hydroxylation is 2. The molecule has 1 N–H and O–H groups in total. The van der Waals surface area contributed by atoms with E-state index < -0.39 is 10.0 Å². The van der Waals surface area contributed by atoms with Crippen molar-refractivity contribution >= 4 is 32.4 Å². The Hall–Kier alpha value is -1.81. The first-order valence-corrected chi connectivity index (χ1v) is 13.7. The van der Waals surface area contributed by atoms with Crippen LogP contribution in [0.5, 0.6) is 0 Å². The van der Waals surface area contributed by atoms with Gasteiger partial charge in [0, 0.05) is 30.9 Å². The Kier molecular flexibility index (Phi) is 7.29. The molecule has 0 spiro atoms. The summed E-state index contributed by atoms with van der Waals surface area (Å²) in [6, 6.07) is 5.24. The molecule has 0 saturated carbocycles. The van der Waals surface area contributed by atoms with E-state index in [4.69, 9.17) is 0 Å². The van der Waals surface area contributed by atoms with Gasteiger partial charge in [0.05, 0.1) is 10.6 Å². The molecule has 2 saturated heterocycles. The van der Waals surface area contributed by atoms with Crippen LogP contribution in [0, 0.1) is 19.8 Å². The lowest BCUT2D eigenvalue weighted by molar-refractivity contribution is -0.120. The minimum Gasteiger partial charge on any atom is -0.302 e. The summed E-state index contributed by atoms with van der Waals surface area (Å²) >= 11 is 1.46. The molecule has 174 valence electrons. The second kappa shape index (κ2) is 9.99. The summed E-state index contributed by atoms with van der Waals surface area (Å²) in [4.78, 5) is 20.1. The normalized spacial score (nSPS) is 19.2. The smallest absolute Gasteiger partial charge is 0.243 e. The number of carbonyl (C=O) groups excluding carboxylic acids is 1. The predicted octanol–water partition coefficient (Wildman–Crippen LogP) is 3.79. The number of anilines is 1. The summed E-state index contributed by atoms with van der Waals surface area (Å²) < 4.78 is 27.5. The van der Waals surface area contributed by atoms with Crippen LogP contribution >= 0.6 is 11.3 Å². The van der Waals surface area contributed by atoms with E-state index in [-0.39, 0.29) is 11.8 Å². The van der Waals surface area contributed by atoms with E-state index in [2.05, 4.69) is 15.2 Å². The van der Waals surface area contributed by atoms with Crippen molar-refractivity contribution in [2.75, 3.05) is 31.5 Å². The van der Waals surface area contributed by atoms with Gasteiger partial charge in [-0.05, 0) is 75.9 Å². The molecule has 0 radical (unpaired) electrons. The second-order valence-electron chi connectivity index (χ2n) is 8.89. The van der Waals surface area contributed by atoms with Crippen LogP contribution in [0.15, 0.2) is 28.5 Å². The molecule has 4 rings (SSSR count). The summed E-state index contributed by atoms with van der Waals surface area (Å²) in [6.45, 7) is 7.65. The molecule has 2 aliphatic rings. The molecule has 0 atom stereocenters. The zero-order chi connectivity index (χ0) is 22.7. The average molecular weight is 477 g/mol. The summed E-state index contributed by atoms with van der Waals surface area (Å²) in [5.41, 5.74) is 3.03. The molecule has 0 aliphatic carbocycles. The Labute approximate surface area is 194 Å². The SMILES string of the molecule is Cc1ccc(S(=O)(=O)N2CCC(C(=O)Nc3nc(CN4CCCCC4)cs3)CC2)cc1C. The monoisotopic (exact) mass is 476 g/mol. The van der Waals surface area contributed by atoms with Crippen molar-refractivity contribution in [1.82, 2.24) is 14.2 Å². The van der Waals surface area contributed by atoms with Crippen molar-refractivity contribution in [3.8, 4) is 0 Å². The number of likely N-dealkylation sites (tertiary alicyclic amines) is 1. The number of carbonyl (C=O) groups is 1. The quantitative estimate of drug-likeness (QED) is 0.686. The van der Waals surface area contributed by atoms with E-state index in [1.165, 1.54) is 34.9 Å². The lowest BCUT2D eigenvalue weighted by Crippen LogP contribution is -2.41. The molecule has 9 heteroatoms. The topological polar surface area (TPSA) is 82.6 Å². The minimum atomic E-state index is -3.53. The summed E-state index contributed by atoms with van der Waals surface area (Å²) in [5, 5.41) is 5.60. The number of piperidine rings is 2. The average Bonchev–Trinajstić information content (AvgIpc) is 3.23. The number of benzene rings is 1. The zero-order valence-corrected chi connectivity index (χ0v) is 20.5. The summed E-state index contributed by atoms with van der Waals surface area (Å²) in [7, 11) is -3.53. The van der Waals surface area contributed by atoms with Gasteiger partial charge in [0.2, 0.25) is 15.9 Å². The van der Waals surface area contributed by atoms with Gasteiger partial charge >= 0.3 is 0 Å². The van der Waals surface area contributed by atoms with Gasteiger partial charge < -0.3 is 5.32 Å². The predicted molar refractivity (Wildman–Crippen MR) is 127 cm³/mol. The fourth-order valence-corrected chi connectivity index (χ4v) is 6.63. The third-order valence-electron chi connectivity index (χ3n) is 6.56. The van der Waals surface area contributed by atoms with E-state index in [0.717, 1.165) is 36.5 Å². The molecule has 0 unspecified atom stereocenters. The first-order valence-electron chi connectivity index (χ1n) is 11.4. The molecular formula is C23H32N4O3S2. The lowest BCUT2D eigenvalue weighted by atomic mass is 9.97. The number of amides is 1. The van der Waals surface area contributed by atoms with Crippen molar-refractivity contribution in [2.24, 2.45) is 5.92 Å². The summed E-state index contributed by atoms with van der Waals surface area (Å²) in [5.74, 6) is -0.261. The van der Waals surface area contributed by atoms with Gasteiger partial charge in [-0.25, -0.2) is 13.4 Å². The Morgan fingerprint density at radius 3 is 2.50 bits per heavy atom. The molecular weight excluding hydrogens is 444 g/mol. The molecule has 1 amide bonds. The Balaban J connectivity index is 1.30. The van der Waals surface area contributed by atoms with Gasteiger partial charge in [-0.3, -0.25) is 9.69 Å². The number of aromatic nitrogens is 1. The van der Waals surface area contributed by atoms with Gasteiger partial charge in [0.1, 0.15) is 0 Å². The lowest BCUT2D eigenvalue weighted by Gasteiger charge is -2.30. The van der Waals surface area contributed by atoms with Crippen LogP contribution in [0.2, 0.25) is 0 Å². The Morgan fingerprint density at radius 1 is 1.09 bits per heavy atom. The summed E-state index contributed by atoms with van der Waals surface area (Å²) in [6.07, 6.45) is 4.82. The maximum absolute atomic E-state index is 13.0. The maximum atomic E-state index is 13.0. The van der Waals surface area contributed by atoms with Gasteiger partial charge in [-0.15, -0.1) is 11.3 Å². The molecule has 0 bridgehead atoms. The molecule has 7 nitrogen and oxygen atoms in total. The third kappa shape index (κ3) is 5.39. The standard InChI is InChI=1S/C23H32N4O3S2/c1-17-6-7-21(14-18(17)2)32(29,30)27-12-8-19(9-13-27)22(28)25-23-24-20(16-31-23)15-26-10-4-3-5-11-26/h6-7,14,16,19H,3-5,8-13,15H2,1-2H3,(H,24,25,28). The van der Waals surface area contributed by atoms with Crippen LogP contribution < -0.4 is 5.32 Å². The second-order valence-corrected chi connectivity index (χ2v) is 11.7. The van der Waals surface area contributed by atoms with Crippen LogP contribution in [0.25, 0.3) is 0 Å². The van der Waals surface area contributed by atoms with E-state index in [1.54, 1.807) is 12.1 Å². The van der Waals surface area contributed by atoms with Crippen LogP contribution in [0.4, 0.5) is 5.13 Å². The van der Waals surface area contributed by atoms with Gasteiger partial charge in [0.25, 0.3) is 0 Å². The maximum Gasteiger partial charge on any atom is 0.243 e. The fourth-order valence-electron chi connectivity index (χ4n) is 4.37. The first-order chi connectivity index (χ1) is 15.3. The first kappa shape index (κ1) is 23.4. The number of sulfonamides is 1. The molecule has 2 aliphatic heterocycles. The molecule has 1 aromatic carbocycles. The van der Waals surface area contributed by atoms with Crippen LogP contribution in [0.3, 0.4) is 0 Å². The highest BCUT2D eigenvalue weighted by Gasteiger charge is 2.32. The van der Waals surface area contributed by atoms with Crippen molar-refractivity contribution in [3.05, 3.63) is 40.4 Å². The number of thiazole rings is 1. The van der Waals surface area contributed by atoms with E-state index >= 15 is 0 Å². The molecule has 3 heterocycles. The van der Waals surface area contributed by atoms with Crippen LogP contribution in [0.1, 0.15) is 48.9 Å². The molecule has 2 fully saturated rings. The number of rotatable bonds is 6. The van der Waals surface area contributed by atoms with E-state index in [1.807, 2.05) is 25.3 Å². The number of nitrogens with zero attached hydrogens (tertiary/aromatic N) is 3. The molecule has 2 aromatic rings. The number of hydrogen-bond acceptors (Lipinski definition) is 6. The van der Waals surface area contributed by atoms with Crippen molar-refractivity contribution in [1.29, 1.82) is 0 Å². The minimum absolute atomic E-state index is 0.0629. The van der Waals surface area contributed by atoms with Gasteiger partial charge in [-0.2, -0.15) is 4.31 Å². The molecule has 32 heavy (non-hydrogen) atoms. The van der Waals surface area contributed by atoms with E-state index in [0.29, 0.717) is 36.0 Å². The number of nitrogens with one attached hydrogen (secondary N) is 1. The highest BCUT2D eigenvalue weighted by atomic mass is 32.2. The van der Waals surface area contributed by atoms with Crippen molar-refractivity contribution in [2.45, 2.75) is 57.4 Å². The van der Waals surface area contributed by atoms with Crippen molar-refractivity contribution < 1.29 is 13.2 Å². The van der Waals surface area contributed by atoms with Crippen LogP contribution in [-0.4, -0.2) is 54.7 Å². The fraction of sp³-hybridized carbons (Fsp3) is 0.565. The molecule has 1 aromatic heterocycles. The number of hydrogen-bond donors (Lipinski definition) is 1. The Morgan fingerprint density at radius 2 is 1.81 bits per heavy atom. The van der Waals surface area contributed by atoms with Crippen LogP contribution in [-0.2, 0) is 21.4 Å². The third-order valence-corrected chi connectivity index (χ3v) is 9.26. The largest absolute Gasteiger partial charge is 0.302 e.